The van der Waals surface area contributed by atoms with Gasteiger partial charge in [0.1, 0.15) is 0 Å². The Kier molecular flexibility index (Phi) is 4.79. The fourth-order valence-electron chi connectivity index (χ4n) is 3.97. The lowest BCUT2D eigenvalue weighted by atomic mass is 9.77. The van der Waals surface area contributed by atoms with E-state index in [1.807, 2.05) is 36.1 Å². The molecule has 130 valence electrons. The van der Waals surface area contributed by atoms with Gasteiger partial charge in [0.25, 0.3) is 0 Å². The maximum atomic E-state index is 12.7. The second-order valence-electron chi connectivity index (χ2n) is 7.48. The number of hydrogen-bond donors (Lipinski definition) is 2. The minimum Gasteiger partial charge on any atom is -0.386 e. The van der Waals surface area contributed by atoms with Crippen molar-refractivity contribution in [1.29, 1.82) is 0 Å². The van der Waals surface area contributed by atoms with Gasteiger partial charge in [-0.05, 0) is 50.8 Å². The summed E-state index contributed by atoms with van der Waals surface area (Å²) in [4.78, 5) is 14.6. The molecule has 2 N–H and O–H groups in total. The van der Waals surface area contributed by atoms with Crippen molar-refractivity contribution in [2.24, 2.45) is 5.92 Å². The number of hydrogen-bond acceptors (Lipinski definition) is 3. The van der Waals surface area contributed by atoms with Crippen molar-refractivity contribution in [3.8, 4) is 0 Å². The maximum absolute atomic E-state index is 12.7. The maximum Gasteiger partial charge on any atom is 0.240 e. The molecule has 0 aromatic heterocycles. The van der Waals surface area contributed by atoms with Crippen LogP contribution in [0.2, 0.25) is 0 Å². The first-order valence-corrected chi connectivity index (χ1v) is 8.88. The van der Waals surface area contributed by atoms with E-state index in [4.69, 9.17) is 0 Å². The van der Waals surface area contributed by atoms with Crippen molar-refractivity contribution in [2.75, 3.05) is 19.6 Å². The van der Waals surface area contributed by atoms with Crippen LogP contribution in [0.3, 0.4) is 0 Å². The first-order valence-electron chi connectivity index (χ1n) is 8.88. The number of aliphatic hydroxyl groups is 1. The summed E-state index contributed by atoms with van der Waals surface area (Å²) in [6.45, 7) is 7.95. The molecule has 1 aromatic carbocycles. The van der Waals surface area contributed by atoms with E-state index in [1.54, 1.807) is 13.8 Å². The number of benzene rings is 1. The van der Waals surface area contributed by atoms with Gasteiger partial charge in [-0.25, -0.2) is 0 Å². The fraction of sp³-hybridized carbons (Fsp3) is 0.550. The minimum atomic E-state index is -0.823. The lowest BCUT2D eigenvalue weighted by molar-refractivity contribution is -0.137. The smallest absolute Gasteiger partial charge is 0.240 e. The number of nitrogens with one attached hydrogen (secondary N) is 1. The molecule has 3 rings (SSSR count). The van der Waals surface area contributed by atoms with Crippen molar-refractivity contribution in [1.82, 2.24) is 10.2 Å². The summed E-state index contributed by atoms with van der Waals surface area (Å²) in [6.07, 6.45) is 5.09. The topological polar surface area (TPSA) is 52.6 Å². The lowest BCUT2D eigenvalue weighted by Gasteiger charge is -2.40. The Morgan fingerprint density at radius 2 is 2.04 bits per heavy atom. The van der Waals surface area contributed by atoms with Crippen LogP contribution in [0.25, 0.3) is 0 Å². The van der Waals surface area contributed by atoms with Gasteiger partial charge in [-0.3, -0.25) is 4.79 Å². The van der Waals surface area contributed by atoms with Crippen LogP contribution in [0.4, 0.5) is 0 Å². The molecule has 2 saturated heterocycles. The molecule has 0 saturated carbocycles. The van der Waals surface area contributed by atoms with Gasteiger partial charge in [0.05, 0.1) is 11.6 Å². The molecule has 0 bridgehead atoms. The second-order valence-corrected chi connectivity index (χ2v) is 7.48. The standard InChI is InChI=1S/C20H28N2O2/c1-4-5-12-22-13-17(16-10-11-21-18(16)19(22)23)14-6-8-15(9-7-14)20(2,3)24/h4-9,16-18,21,24H,10-13H2,1-3H3/b5-4+. The predicted molar refractivity (Wildman–Crippen MR) is 95.7 cm³/mol. The number of likely N-dealkylation sites (tertiary alicyclic amines) is 1. The molecule has 2 heterocycles. The Hall–Kier alpha value is -1.65. The average molecular weight is 328 g/mol. The summed E-state index contributed by atoms with van der Waals surface area (Å²) in [6, 6.07) is 8.22. The monoisotopic (exact) mass is 328 g/mol. The van der Waals surface area contributed by atoms with Crippen LogP contribution in [-0.2, 0) is 10.4 Å². The highest BCUT2D eigenvalue weighted by Gasteiger charge is 2.45. The third-order valence-electron chi connectivity index (χ3n) is 5.39. The zero-order valence-corrected chi connectivity index (χ0v) is 14.8. The fourth-order valence-corrected chi connectivity index (χ4v) is 3.97. The normalized spacial score (nSPS) is 27.8. The third-order valence-corrected chi connectivity index (χ3v) is 5.39. The molecule has 4 heteroatoms. The Labute approximate surface area is 144 Å². The van der Waals surface area contributed by atoms with Crippen LogP contribution in [0.1, 0.15) is 44.2 Å². The summed E-state index contributed by atoms with van der Waals surface area (Å²) in [5, 5.41) is 13.5. The van der Waals surface area contributed by atoms with Gasteiger partial charge in [0.15, 0.2) is 0 Å². The van der Waals surface area contributed by atoms with Crippen LogP contribution < -0.4 is 5.32 Å². The van der Waals surface area contributed by atoms with E-state index in [-0.39, 0.29) is 11.9 Å². The van der Waals surface area contributed by atoms with Crippen molar-refractivity contribution in [3.05, 3.63) is 47.5 Å². The molecular weight excluding hydrogens is 300 g/mol. The summed E-state index contributed by atoms with van der Waals surface area (Å²) in [7, 11) is 0. The summed E-state index contributed by atoms with van der Waals surface area (Å²) < 4.78 is 0. The molecule has 2 aliphatic rings. The molecule has 1 amide bonds. The lowest BCUT2D eigenvalue weighted by Crippen LogP contribution is -2.54. The average Bonchev–Trinajstić information content (AvgIpc) is 3.04. The van der Waals surface area contributed by atoms with Crippen LogP contribution >= 0.6 is 0 Å². The minimum absolute atomic E-state index is 0.0528. The largest absolute Gasteiger partial charge is 0.386 e. The molecule has 4 nitrogen and oxygen atoms in total. The van der Waals surface area contributed by atoms with Gasteiger partial charge in [-0.15, -0.1) is 0 Å². The summed E-state index contributed by atoms with van der Waals surface area (Å²) in [5.41, 5.74) is 1.36. The molecule has 0 radical (unpaired) electrons. The molecule has 0 aliphatic carbocycles. The van der Waals surface area contributed by atoms with Crippen LogP contribution in [0.15, 0.2) is 36.4 Å². The van der Waals surface area contributed by atoms with E-state index in [0.717, 1.165) is 25.1 Å². The number of nitrogens with zero attached hydrogens (tertiary/aromatic N) is 1. The van der Waals surface area contributed by atoms with Crippen LogP contribution in [0.5, 0.6) is 0 Å². The molecule has 3 atom stereocenters. The van der Waals surface area contributed by atoms with Gasteiger partial charge in [0.2, 0.25) is 5.91 Å². The molecular formula is C20H28N2O2. The third kappa shape index (κ3) is 3.26. The van der Waals surface area contributed by atoms with E-state index in [2.05, 4.69) is 17.4 Å². The Morgan fingerprint density at radius 3 is 2.67 bits per heavy atom. The second kappa shape index (κ2) is 6.69. The number of piperidine rings is 1. The molecule has 3 unspecified atom stereocenters. The molecule has 1 aromatic rings. The highest BCUT2D eigenvalue weighted by molar-refractivity contribution is 5.84. The van der Waals surface area contributed by atoms with Crippen molar-refractivity contribution in [3.63, 3.8) is 0 Å². The molecule has 2 aliphatic heterocycles. The number of fused-ring (bicyclic) bond motifs is 1. The Bertz CT molecular complexity index is 616. The van der Waals surface area contributed by atoms with E-state index in [0.29, 0.717) is 18.4 Å². The zero-order valence-electron chi connectivity index (χ0n) is 14.8. The van der Waals surface area contributed by atoms with Crippen molar-refractivity contribution < 1.29 is 9.90 Å². The van der Waals surface area contributed by atoms with Gasteiger partial charge in [-0.2, -0.15) is 0 Å². The summed E-state index contributed by atoms with van der Waals surface area (Å²) in [5.74, 6) is 0.955. The number of amides is 1. The SMILES string of the molecule is C/C=C/CN1CC(c2ccc(C(C)(C)O)cc2)C2CCNC2C1=O. The quantitative estimate of drug-likeness (QED) is 0.835. The number of allylic oxidation sites excluding steroid dienone is 1. The van der Waals surface area contributed by atoms with Crippen molar-refractivity contribution in [2.45, 2.75) is 44.8 Å². The highest BCUT2D eigenvalue weighted by Crippen LogP contribution is 2.38. The van der Waals surface area contributed by atoms with Gasteiger partial charge in [0, 0.05) is 19.0 Å². The van der Waals surface area contributed by atoms with Crippen LogP contribution in [0, 0.1) is 5.92 Å². The van der Waals surface area contributed by atoms with E-state index in [1.165, 1.54) is 5.56 Å². The molecule has 2 fully saturated rings. The van der Waals surface area contributed by atoms with E-state index >= 15 is 0 Å². The zero-order chi connectivity index (χ0) is 17.3. The van der Waals surface area contributed by atoms with Gasteiger partial charge in [-0.1, -0.05) is 36.4 Å². The van der Waals surface area contributed by atoms with E-state index < -0.39 is 5.60 Å². The van der Waals surface area contributed by atoms with Gasteiger partial charge >= 0.3 is 0 Å². The van der Waals surface area contributed by atoms with Crippen LogP contribution in [-0.4, -0.2) is 41.6 Å². The first-order chi connectivity index (χ1) is 11.4. The highest BCUT2D eigenvalue weighted by atomic mass is 16.3. The Balaban J connectivity index is 1.86. The van der Waals surface area contributed by atoms with Gasteiger partial charge < -0.3 is 15.3 Å². The van der Waals surface area contributed by atoms with E-state index in [9.17, 15) is 9.90 Å². The predicted octanol–water partition coefficient (Wildman–Crippen LogP) is 2.39. The molecule has 24 heavy (non-hydrogen) atoms. The summed E-state index contributed by atoms with van der Waals surface area (Å²) >= 11 is 0. The molecule has 0 spiro atoms. The first kappa shape index (κ1) is 17.2. The van der Waals surface area contributed by atoms with Crippen molar-refractivity contribution >= 4 is 5.91 Å². The Morgan fingerprint density at radius 1 is 1.33 bits per heavy atom. The number of carbonyl (C=O) groups is 1. The number of carbonyl (C=O) groups excluding carboxylic acids is 1. The number of rotatable bonds is 4.